The van der Waals surface area contributed by atoms with Gasteiger partial charge in [-0.3, -0.25) is 9.69 Å². The first-order chi connectivity index (χ1) is 12.4. The van der Waals surface area contributed by atoms with Crippen molar-refractivity contribution in [3.05, 3.63) is 35.4 Å². The monoisotopic (exact) mass is 357 g/mol. The van der Waals surface area contributed by atoms with Gasteiger partial charge in [0.15, 0.2) is 0 Å². The van der Waals surface area contributed by atoms with E-state index in [-0.39, 0.29) is 0 Å². The lowest BCUT2D eigenvalue weighted by atomic mass is 9.72. The van der Waals surface area contributed by atoms with Gasteiger partial charge in [-0.25, -0.2) is 0 Å². The van der Waals surface area contributed by atoms with Crippen LogP contribution in [0.15, 0.2) is 24.3 Å². The normalized spacial score (nSPS) is 22.2. The molecule has 2 aliphatic rings. The Morgan fingerprint density at radius 2 is 1.77 bits per heavy atom. The van der Waals surface area contributed by atoms with Crippen LogP contribution < -0.4 is 0 Å². The van der Waals surface area contributed by atoms with Gasteiger partial charge in [0.1, 0.15) is 0 Å². The summed E-state index contributed by atoms with van der Waals surface area (Å²) in [4.78, 5) is 18.9. The summed E-state index contributed by atoms with van der Waals surface area (Å²) in [6.07, 6.45) is 4.30. The maximum absolute atomic E-state index is 12.0. The third-order valence-electron chi connectivity index (χ3n) is 6.69. The van der Waals surface area contributed by atoms with Crippen LogP contribution in [0.25, 0.3) is 0 Å². The summed E-state index contributed by atoms with van der Waals surface area (Å²) in [6, 6.07) is 9.58. The lowest BCUT2D eigenvalue weighted by Crippen LogP contribution is -2.51. The van der Waals surface area contributed by atoms with Crippen LogP contribution in [0.1, 0.15) is 56.7 Å². The van der Waals surface area contributed by atoms with Crippen molar-refractivity contribution in [2.24, 2.45) is 5.41 Å². The minimum atomic E-state index is 0.354. The Morgan fingerprint density at radius 3 is 2.35 bits per heavy atom. The summed E-state index contributed by atoms with van der Waals surface area (Å²) in [5, 5.41) is 0. The third kappa shape index (κ3) is 4.29. The molecule has 26 heavy (non-hydrogen) atoms. The zero-order valence-electron chi connectivity index (χ0n) is 17.0. The Labute approximate surface area is 159 Å². The van der Waals surface area contributed by atoms with Crippen LogP contribution in [0.2, 0.25) is 0 Å². The molecule has 0 unspecified atom stereocenters. The van der Waals surface area contributed by atoms with E-state index in [9.17, 15) is 4.79 Å². The third-order valence-corrected chi connectivity index (χ3v) is 6.69. The molecule has 0 aliphatic carbocycles. The number of rotatable bonds is 5. The Kier molecular flexibility index (Phi) is 6.03. The average Bonchev–Trinajstić information content (AvgIpc) is 2.66. The molecule has 3 rings (SSSR count). The Hall–Kier alpha value is -1.39. The molecule has 4 nitrogen and oxygen atoms in total. The van der Waals surface area contributed by atoms with Crippen molar-refractivity contribution in [1.29, 1.82) is 0 Å². The van der Waals surface area contributed by atoms with Gasteiger partial charge in [-0.2, -0.15) is 0 Å². The van der Waals surface area contributed by atoms with E-state index >= 15 is 0 Å². The zero-order chi connectivity index (χ0) is 18.7. The lowest BCUT2D eigenvalue weighted by molar-refractivity contribution is -0.138. The van der Waals surface area contributed by atoms with Crippen LogP contribution in [0.3, 0.4) is 0 Å². The molecule has 1 spiro atoms. The van der Waals surface area contributed by atoms with Gasteiger partial charge in [-0.05, 0) is 76.8 Å². The fourth-order valence-corrected chi connectivity index (χ4v) is 4.44. The van der Waals surface area contributed by atoms with Crippen molar-refractivity contribution in [2.45, 2.75) is 52.1 Å². The fraction of sp³-hybridized carbons (Fsp3) is 0.682. The molecule has 144 valence electrons. The fourth-order valence-electron chi connectivity index (χ4n) is 4.44. The summed E-state index contributed by atoms with van der Waals surface area (Å²) >= 11 is 0. The summed E-state index contributed by atoms with van der Waals surface area (Å²) < 4.78 is 0. The predicted octanol–water partition coefficient (Wildman–Crippen LogP) is 3.53. The van der Waals surface area contributed by atoms with Crippen LogP contribution in [-0.2, 0) is 11.3 Å². The topological polar surface area (TPSA) is 26.8 Å². The molecular formula is C22H35N3O. The molecule has 0 aromatic heterocycles. The summed E-state index contributed by atoms with van der Waals surface area (Å²) in [6.45, 7) is 9.54. The van der Waals surface area contributed by atoms with Crippen molar-refractivity contribution in [3.63, 3.8) is 0 Å². The lowest BCUT2D eigenvalue weighted by Gasteiger charge is -2.47. The molecule has 1 amide bonds. The minimum absolute atomic E-state index is 0.354. The first kappa shape index (κ1) is 19.4. The van der Waals surface area contributed by atoms with E-state index in [2.05, 4.69) is 66.9 Å². The van der Waals surface area contributed by atoms with E-state index in [0.29, 0.717) is 17.4 Å². The second kappa shape index (κ2) is 8.10. The summed E-state index contributed by atoms with van der Waals surface area (Å²) in [5.74, 6) is 0.354. The number of benzene rings is 1. The van der Waals surface area contributed by atoms with E-state index in [1.807, 2.05) is 0 Å². The number of amides is 1. The van der Waals surface area contributed by atoms with Gasteiger partial charge in [0, 0.05) is 32.1 Å². The number of nitrogens with zero attached hydrogens (tertiary/aromatic N) is 3. The number of hydrogen-bond acceptors (Lipinski definition) is 3. The van der Waals surface area contributed by atoms with E-state index in [1.165, 1.54) is 24.0 Å². The number of piperidine rings is 2. The molecule has 1 aromatic carbocycles. The summed E-state index contributed by atoms with van der Waals surface area (Å²) in [7, 11) is 4.25. The van der Waals surface area contributed by atoms with E-state index in [1.54, 1.807) is 0 Å². The zero-order valence-corrected chi connectivity index (χ0v) is 17.0. The molecule has 0 bridgehead atoms. The maximum Gasteiger partial charge on any atom is 0.222 e. The van der Waals surface area contributed by atoms with Gasteiger partial charge in [0.05, 0.1) is 0 Å². The highest BCUT2D eigenvalue weighted by Gasteiger charge is 2.40. The second-order valence-corrected chi connectivity index (χ2v) is 8.57. The largest absolute Gasteiger partial charge is 0.342 e. The first-order valence-electron chi connectivity index (χ1n) is 10.2. The van der Waals surface area contributed by atoms with Crippen molar-refractivity contribution in [3.8, 4) is 0 Å². The van der Waals surface area contributed by atoms with Gasteiger partial charge in [-0.1, -0.05) is 24.3 Å². The van der Waals surface area contributed by atoms with Gasteiger partial charge in [0.2, 0.25) is 5.91 Å². The Morgan fingerprint density at radius 1 is 1.12 bits per heavy atom. The van der Waals surface area contributed by atoms with E-state index < -0.39 is 0 Å². The molecule has 0 N–H and O–H groups in total. The molecule has 2 saturated heterocycles. The first-order valence-corrected chi connectivity index (χ1v) is 10.2. The highest BCUT2D eigenvalue weighted by atomic mass is 16.2. The smallest absolute Gasteiger partial charge is 0.222 e. The van der Waals surface area contributed by atoms with Gasteiger partial charge < -0.3 is 9.80 Å². The molecule has 2 aliphatic heterocycles. The standard InChI is InChI=1S/C22H35N3O/c1-5-25-17-22(11-10-21(25)26)12-14-24(15-13-22)16-19-6-8-20(9-7-19)18(2)23(3)4/h6-9,18H,5,10-17H2,1-4H3/t18-/m1/s1. The SMILES string of the molecule is CCN1CC2(CCC1=O)CCN(Cc1ccc([C@@H](C)N(C)C)cc1)CC2. The van der Waals surface area contributed by atoms with E-state index in [4.69, 9.17) is 0 Å². The molecule has 1 aromatic rings. The van der Waals surface area contributed by atoms with Crippen LogP contribution in [0.5, 0.6) is 0 Å². The number of likely N-dealkylation sites (tertiary alicyclic amines) is 2. The van der Waals surface area contributed by atoms with Gasteiger partial charge in [0.25, 0.3) is 0 Å². The van der Waals surface area contributed by atoms with Gasteiger partial charge in [-0.15, -0.1) is 0 Å². The Balaban J connectivity index is 1.53. The van der Waals surface area contributed by atoms with Crippen molar-refractivity contribution in [2.75, 3.05) is 40.3 Å². The number of carbonyl (C=O) groups is 1. The highest BCUT2D eigenvalue weighted by molar-refractivity contribution is 5.77. The maximum atomic E-state index is 12.0. The number of hydrogen-bond donors (Lipinski definition) is 0. The van der Waals surface area contributed by atoms with Crippen LogP contribution >= 0.6 is 0 Å². The number of carbonyl (C=O) groups excluding carboxylic acids is 1. The molecule has 1 atom stereocenters. The molecular weight excluding hydrogens is 322 g/mol. The van der Waals surface area contributed by atoms with Crippen molar-refractivity contribution < 1.29 is 4.79 Å². The van der Waals surface area contributed by atoms with E-state index in [0.717, 1.165) is 45.6 Å². The van der Waals surface area contributed by atoms with Gasteiger partial charge >= 0.3 is 0 Å². The molecule has 0 radical (unpaired) electrons. The Bertz CT molecular complexity index is 602. The van der Waals surface area contributed by atoms with Crippen LogP contribution in [0.4, 0.5) is 0 Å². The highest BCUT2D eigenvalue weighted by Crippen LogP contribution is 2.40. The molecule has 0 saturated carbocycles. The minimum Gasteiger partial charge on any atom is -0.342 e. The molecule has 2 fully saturated rings. The summed E-state index contributed by atoms with van der Waals surface area (Å²) in [5.41, 5.74) is 3.17. The van der Waals surface area contributed by atoms with Crippen molar-refractivity contribution >= 4 is 5.91 Å². The quantitative estimate of drug-likeness (QED) is 0.806. The van der Waals surface area contributed by atoms with Crippen LogP contribution in [-0.4, -0.2) is 60.9 Å². The molecule has 2 heterocycles. The van der Waals surface area contributed by atoms with Crippen LogP contribution in [0, 0.1) is 5.41 Å². The average molecular weight is 358 g/mol. The second-order valence-electron chi connectivity index (χ2n) is 8.57. The van der Waals surface area contributed by atoms with Crippen molar-refractivity contribution in [1.82, 2.24) is 14.7 Å². The molecule has 4 heteroatoms. The predicted molar refractivity (Wildman–Crippen MR) is 107 cm³/mol.